The van der Waals surface area contributed by atoms with Crippen molar-refractivity contribution in [3.8, 4) is 62.5 Å². The molecule has 6 heteroatoms. The van der Waals surface area contributed by atoms with Gasteiger partial charge in [-0.05, 0) is 106 Å². The Balaban J connectivity index is 0.945. The van der Waals surface area contributed by atoms with Gasteiger partial charge in [-0.25, -0.2) is 15.0 Å². The zero-order valence-electron chi connectivity index (χ0n) is 36.9. The van der Waals surface area contributed by atoms with Gasteiger partial charge in [-0.3, -0.25) is 0 Å². The van der Waals surface area contributed by atoms with Crippen LogP contribution in [0.15, 0.2) is 237 Å². The molecule has 0 spiro atoms. The number of rotatable bonds is 7. The van der Waals surface area contributed by atoms with Gasteiger partial charge in [-0.2, -0.15) is 0 Å². The van der Waals surface area contributed by atoms with Crippen LogP contribution in [0.2, 0.25) is 0 Å². The highest BCUT2D eigenvalue weighted by Crippen LogP contribution is 2.51. The van der Waals surface area contributed by atoms with E-state index < -0.39 is 0 Å². The molecule has 0 saturated carbocycles. The lowest BCUT2D eigenvalue weighted by Gasteiger charge is -2.33. The van der Waals surface area contributed by atoms with E-state index in [1.807, 2.05) is 42.5 Å². The second-order valence-electron chi connectivity index (χ2n) is 17.2. The molecule has 0 saturated heterocycles. The van der Waals surface area contributed by atoms with Crippen molar-refractivity contribution in [1.29, 1.82) is 0 Å². The number of benzene rings is 9. The smallest absolute Gasteiger partial charge is 0.164 e. The van der Waals surface area contributed by atoms with Gasteiger partial charge >= 0.3 is 0 Å². The molecule has 0 fully saturated rings. The summed E-state index contributed by atoms with van der Waals surface area (Å²) in [7, 11) is 0. The molecule has 0 bridgehead atoms. The fourth-order valence-corrected chi connectivity index (χ4v) is 9.76. The van der Waals surface area contributed by atoms with Crippen LogP contribution in [0.3, 0.4) is 0 Å². The molecule has 1 aliphatic heterocycles. The van der Waals surface area contributed by atoms with E-state index in [2.05, 4.69) is 204 Å². The van der Waals surface area contributed by atoms with Crippen molar-refractivity contribution in [3.05, 3.63) is 242 Å². The summed E-state index contributed by atoms with van der Waals surface area (Å²) in [6.45, 7) is 0. The largest absolute Gasteiger partial charge is 0.453 e. The van der Waals surface area contributed by atoms with Crippen LogP contribution in [0.5, 0.6) is 11.5 Å². The van der Waals surface area contributed by atoms with Crippen molar-refractivity contribution in [2.45, 2.75) is 6.42 Å². The number of para-hydroxylation sites is 3. The minimum Gasteiger partial charge on any atom is -0.453 e. The monoisotopic (exact) mass is 871 g/mol. The lowest BCUT2D eigenvalue weighted by atomic mass is 9.99. The summed E-state index contributed by atoms with van der Waals surface area (Å²) in [4.78, 5) is 17.7. The maximum Gasteiger partial charge on any atom is 0.164 e. The molecular formula is C62H41N5O. The molecule has 0 atom stereocenters. The van der Waals surface area contributed by atoms with Crippen LogP contribution in [0, 0.1) is 0 Å². The van der Waals surface area contributed by atoms with Crippen molar-refractivity contribution in [1.82, 2.24) is 19.5 Å². The second kappa shape index (κ2) is 16.4. The molecule has 0 unspecified atom stereocenters. The van der Waals surface area contributed by atoms with Crippen LogP contribution in [0.25, 0.3) is 89.1 Å². The van der Waals surface area contributed by atoms with Crippen LogP contribution in [-0.2, 0) is 0 Å². The first-order valence-corrected chi connectivity index (χ1v) is 23.0. The summed E-state index contributed by atoms with van der Waals surface area (Å²) in [5.41, 5.74) is 13.6. The molecule has 13 rings (SSSR count). The first kappa shape index (κ1) is 39.3. The second-order valence-corrected chi connectivity index (χ2v) is 17.2. The quantitative estimate of drug-likeness (QED) is 0.160. The molecule has 68 heavy (non-hydrogen) atoms. The molecule has 3 heterocycles. The number of nitrogens with zero attached hydrogens (tertiary/aromatic N) is 5. The van der Waals surface area contributed by atoms with E-state index in [4.69, 9.17) is 19.7 Å². The third-order valence-electron chi connectivity index (χ3n) is 13.0. The van der Waals surface area contributed by atoms with E-state index in [0.29, 0.717) is 17.5 Å². The maximum atomic E-state index is 6.51. The van der Waals surface area contributed by atoms with Crippen LogP contribution >= 0.6 is 0 Å². The molecule has 0 N–H and O–H groups in total. The highest BCUT2D eigenvalue weighted by atomic mass is 16.5. The van der Waals surface area contributed by atoms with E-state index in [1.165, 1.54) is 27.1 Å². The van der Waals surface area contributed by atoms with Gasteiger partial charge in [-0.1, -0.05) is 170 Å². The topological polar surface area (TPSA) is 56.1 Å². The van der Waals surface area contributed by atoms with Gasteiger partial charge in [0.05, 0.1) is 22.4 Å². The highest BCUT2D eigenvalue weighted by molar-refractivity contribution is 6.22. The van der Waals surface area contributed by atoms with E-state index in [0.717, 1.165) is 85.1 Å². The standard InChI is InChI=1S/C62H41N5O/c1-2-6-17-41(16-5-1)42-28-30-45(31-29-42)61-63-60(44-19-7-3-8-20-44)64-62(65-61)48-21-15-24-50(38-48)67-53-35-33-46(39-52(53)59-51-25-12-11-18-43(51)32-36-55(59)67)47-34-37-58-56(40-47)66(49-22-9-4-10-23-49)54-26-13-14-27-57(54)68-58/h1,3-40H,2H2. The van der Waals surface area contributed by atoms with Crippen LogP contribution in [0.4, 0.5) is 17.1 Å². The van der Waals surface area contributed by atoms with Crippen molar-refractivity contribution in [2.75, 3.05) is 4.90 Å². The minimum atomic E-state index is 0.608. The Morgan fingerprint density at radius 3 is 1.90 bits per heavy atom. The zero-order chi connectivity index (χ0) is 45.0. The molecule has 2 aromatic heterocycles. The predicted octanol–water partition coefficient (Wildman–Crippen LogP) is 16.3. The number of hydrogen-bond acceptors (Lipinski definition) is 5. The van der Waals surface area contributed by atoms with Crippen molar-refractivity contribution >= 4 is 55.2 Å². The number of hydrogen-bond donors (Lipinski definition) is 0. The van der Waals surface area contributed by atoms with Gasteiger partial charge < -0.3 is 14.2 Å². The van der Waals surface area contributed by atoms with Gasteiger partial charge in [0.2, 0.25) is 0 Å². The van der Waals surface area contributed by atoms with Crippen LogP contribution in [-0.4, -0.2) is 19.5 Å². The lowest BCUT2D eigenvalue weighted by Crippen LogP contribution is -2.15. The van der Waals surface area contributed by atoms with Crippen LogP contribution < -0.4 is 9.64 Å². The summed E-state index contributed by atoms with van der Waals surface area (Å²) < 4.78 is 8.89. The molecule has 11 aromatic rings. The van der Waals surface area contributed by atoms with Crippen LogP contribution in [0.1, 0.15) is 12.0 Å². The zero-order valence-corrected chi connectivity index (χ0v) is 36.9. The highest BCUT2D eigenvalue weighted by Gasteiger charge is 2.26. The first-order chi connectivity index (χ1) is 33.7. The normalized spacial score (nSPS) is 13.0. The fraction of sp³-hybridized carbons (Fsp3) is 0.0161. The van der Waals surface area contributed by atoms with Gasteiger partial charge in [0.1, 0.15) is 0 Å². The number of anilines is 3. The Hall–Kier alpha value is -9.13. The minimum absolute atomic E-state index is 0.608. The third-order valence-corrected chi connectivity index (χ3v) is 13.0. The lowest BCUT2D eigenvalue weighted by molar-refractivity contribution is 0.477. The van der Waals surface area contributed by atoms with Gasteiger partial charge in [0.25, 0.3) is 0 Å². The molecule has 1 aliphatic carbocycles. The van der Waals surface area contributed by atoms with Crippen molar-refractivity contribution in [2.24, 2.45) is 0 Å². The van der Waals surface area contributed by atoms with E-state index in [1.54, 1.807) is 0 Å². The molecular weight excluding hydrogens is 831 g/mol. The molecule has 6 nitrogen and oxygen atoms in total. The van der Waals surface area contributed by atoms with Gasteiger partial charge in [0, 0.05) is 38.8 Å². The fourth-order valence-electron chi connectivity index (χ4n) is 9.76. The average molecular weight is 872 g/mol. The van der Waals surface area contributed by atoms with E-state index in [-0.39, 0.29) is 0 Å². The molecule has 320 valence electrons. The first-order valence-electron chi connectivity index (χ1n) is 23.0. The SMILES string of the molecule is C1=CCC=CC(c2ccc(-c3nc(-c4ccccc4)nc(-c4cccc(-n5c6ccc(-c7ccc8c(c7)N(c7ccccc7)c7ccccc7O8)cc6c6c7ccccc7ccc65)c4)n3)cc2)=C1. The van der Waals surface area contributed by atoms with E-state index in [9.17, 15) is 0 Å². The molecule has 0 amide bonds. The van der Waals surface area contributed by atoms with Gasteiger partial charge in [-0.15, -0.1) is 0 Å². The summed E-state index contributed by atoms with van der Waals surface area (Å²) >= 11 is 0. The Morgan fingerprint density at radius 2 is 1.04 bits per heavy atom. The Kier molecular flexibility index (Phi) is 9.46. The maximum absolute atomic E-state index is 6.51. The van der Waals surface area contributed by atoms with Gasteiger partial charge in [0.15, 0.2) is 29.0 Å². The molecule has 0 radical (unpaired) electrons. The Bertz CT molecular complexity index is 3850. The number of aromatic nitrogens is 4. The molecule has 9 aromatic carbocycles. The predicted molar refractivity (Wildman–Crippen MR) is 279 cm³/mol. The van der Waals surface area contributed by atoms with E-state index >= 15 is 0 Å². The summed E-state index contributed by atoms with van der Waals surface area (Å²) in [6.07, 6.45) is 11.7. The third kappa shape index (κ3) is 6.86. The number of fused-ring (bicyclic) bond motifs is 7. The molecule has 2 aliphatic rings. The summed E-state index contributed by atoms with van der Waals surface area (Å²) in [5, 5.41) is 4.77. The Labute approximate surface area is 393 Å². The number of ether oxygens (including phenoxy) is 1. The number of allylic oxidation sites excluding steroid dienone is 6. The summed E-state index contributed by atoms with van der Waals surface area (Å²) in [6, 6.07) is 72.5. The van der Waals surface area contributed by atoms with Crippen molar-refractivity contribution in [3.63, 3.8) is 0 Å². The van der Waals surface area contributed by atoms with Crippen molar-refractivity contribution < 1.29 is 4.74 Å². The summed E-state index contributed by atoms with van der Waals surface area (Å²) in [5.74, 6) is 3.50. The Morgan fingerprint density at radius 1 is 0.412 bits per heavy atom. The average Bonchev–Trinajstić information content (AvgIpc) is 3.51.